The van der Waals surface area contributed by atoms with E-state index in [1.54, 1.807) is 0 Å². The zero-order chi connectivity index (χ0) is 9.80. The lowest BCUT2D eigenvalue weighted by Gasteiger charge is -2.38. The van der Waals surface area contributed by atoms with Crippen molar-refractivity contribution < 1.29 is 0 Å². The Balaban J connectivity index is 1.90. The van der Waals surface area contributed by atoms with Crippen LogP contribution in [0.15, 0.2) is 0 Å². The minimum Gasteiger partial charge on any atom is -0.325 e. The first-order valence-electron chi connectivity index (χ1n) is 5.79. The van der Waals surface area contributed by atoms with Gasteiger partial charge in [0.1, 0.15) is 0 Å². The molecule has 4 N–H and O–H groups in total. The van der Waals surface area contributed by atoms with Crippen molar-refractivity contribution in [3.63, 3.8) is 0 Å². The molecule has 0 bridgehead atoms. The van der Waals surface area contributed by atoms with Crippen LogP contribution in [0.5, 0.6) is 0 Å². The largest absolute Gasteiger partial charge is 0.325 e. The number of nitrogens with zero attached hydrogens (tertiary/aromatic N) is 1. The van der Waals surface area contributed by atoms with Gasteiger partial charge < -0.3 is 16.4 Å². The van der Waals surface area contributed by atoms with Gasteiger partial charge in [0.25, 0.3) is 0 Å². The highest BCUT2D eigenvalue weighted by molar-refractivity contribution is 4.89. The molecule has 2 aliphatic rings. The Morgan fingerprint density at radius 2 is 2.00 bits per heavy atom. The zero-order valence-corrected chi connectivity index (χ0v) is 8.84. The molecule has 0 aromatic carbocycles. The van der Waals surface area contributed by atoms with Gasteiger partial charge >= 0.3 is 0 Å². The topological polar surface area (TPSA) is 53.3 Å². The summed E-state index contributed by atoms with van der Waals surface area (Å²) in [5, 5.41) is 6.78. The van der Waals surface area contributed by atoms with Crippen molar-refractivity contribution in [2.45, 2.75) is 24.9 Å². The molecule has 0 amide bonds. The lowest BCUT2D eigenvalue weighted by atomic mass is 10.00. The van der Waals surface area contributed by atoms with Gasteiger partial charge in [-0.2, -0.15) is 0 Å². The third-order valence-corrected chi connectivity index (χ3v) is 3.33. The third kappa shape index (κ3) is 2.45. The maximum atomic E-state index is 6.14. The Bertz CT molecular complexity index is 166. The molecule has 2 fully saturated rings. The van der Waals surface area contributed by atoms with E-state index in [-0.39, 0.29) is 0 Å². The molecule has 14 heavy (non-hydrogen) atoms. The highest BCUT2D eigenvalue weighted by atomic mass is 15.2. The van der Waals surface area contributed by atoms with E-state index in [4.69, 9.17) is 5.73 Å². The van der Waals surface area contributed by atoms with E-state index in [2.05, 4.69) is 15.5 Å². The molecule has 2 rings (SSSR count). The monoisotopic (exact) mass is 198 g/mol. The van der Waals surface area contributed by atoms with Crippen LogP contribution in [0, 0.1) is 0 Å². The maximum Gasteiger partial charge on any atom is 0.0324 e. The molecule has 2 saturated heterocycles. The molecule has 0 saturated carbocycles. The molecular formula is C10H22N4. The van der Waals surface area contributed by atoms with Crippen molar-refractivity contribution in [3.05, 3.63) is 0 Å². The van der Waals surface area contributed by atoms with E-state index in [0.717, 1.165) is 26.2 Å². The Morgan fingerprint density at radius 3 is 2.86 bits per heavy atom. The number of hydrogen-bond donors (Lipinski definition) is 3. The van der Waals surface area contributed by atoms with Crippen LogP contribution in [0.4, 0.5) is 0 Å². The highest BCUT2D eigenvalue weighted by Crippen LogP contribution is 2.12. The van der Waals surface area contributed by atoms with Crippen molar-refractivity contribution in [2.75, 3.05) is 39.3 Å². The normalized spacial score (nSPS) is 36.6. The predicted molar refractivity (Wildman–Crippen MR) is 58.3 cm³/mol. The molecule has 0 radical (unpaired) electrons. The Labute approximate surface area is 86.2 Å². The van der Waals surface area contributed by atoms with E-state index in [1.165, 1.54) is 25.9 Å². The number of rotatable bonds is 1. The SMILES string of the molecule is NC1CNCCC1N1CCCNCC1. The number of nitrogens with two attached hydrogens (primary N) is 1. The fourth-order valence-electron chi connectivity index (χ4n) is 2.52. The summed E-state index contributed by atoms with van der Waals surface area (Å²) in [6, 6.07) is 0.929. The van der Waals surface area contributed by atoms with Gasteiger partial charge in [-0.15, -0.1) is 0 Å². The van der Waals surface area contributed by atoms with Crippen LogP contribution in [-0.4, -0.2) is 56.3 Å². The first kappa shape index (κ1) is 10.4. The van der Waals surface area contributed by atoms with Crippen molar-refractivity contribution in [1.29, 1.82) is 0 Å². The predicted octanol–water partition coefficient (Wildman–Crippen LogP) is -1.03. The summed E-state index contributed by atoms with van der Waals surface area (Å²) < 4.78 is 0. The first-order valence-corrected chi connectivity index (χ1v) is 5.79. The Morgan fingerprint density at radius 1 is 1.07 bits per heavy atom. The summed E-state index contributed by atoms with van der Waals surface area (Å²) >= 11 is 0. The molecule has 0 aromatic heterocycles. The highest BCUT2D eigenvalue weighted by Gasteiger charge is 2.27. The number of nitrogens with one attached hydrogen (secondary N) is 2. The smallest absolute Gasteiger partial charge is 0.0324 e. The second-order valence-corrected chi connectivity index (χ2v) is 4.36. The molecule has 0 spiro atoms. The van der Waals surface area contributed by atoms with Gasteiger partial charge in [-0.05, 0) is 32.5 Å². The second kappa shape index (κ2) is 5.07. The van der Waals surface area contributed by atoms with Gasteiger partial charge in [0.2, 0.25) is 0 Å². The molecule has 4 heteroatoms. The molecule has 2 atom stereocenters. The van der Waals surface area contributed by atoms with E-state index < -0.39 is 0 Å². The van der Waals surface area contributed by atoms with Crippen LogP contribution in [0.3, 0.4) is 0 Å². The maximum absolute atomic E-state index is 6.14. The third-order valence-electron chi connectivity index (χ3n) is 3.33. The molecule has 82 valence electrons. The van der Waals surface area contributed by atoms with Crippen LogP contribution >= 0.6 is 0 Å². The van der Waals surface area contributed by atoms with Crippen LogP contribution in [0.1, 0.15) is 12.8 Å². The summed E-state index contributed by atoms with van der Waals surface area (Å²) in [4.78, 5) is 2.57. The van der Waals surface area contributed by atoms with Gasteiger partial charge in [-0.1, -0.05) is 0 Å². The van der Waals surface area contributed by atoms with Crippen LogP contribution in [-0.2, 0) is 0 Å². The van der Waals surface area contributed by atoms with Crippen molar-refractivity contribution in [2.24, 2.45) is 5.73 Å². The Hall–Kier alpha value is -0.160. The quantitative estimate of drug-likeness (QED) is 0.504. The molecule has 4 nitrogen and oxygen atoms in total. The van der Waals surface area contributed by atoms with Gasteiger partial charge in [0.05, 0.1) is 0 Å². The summed E-state index contributed by atoms with van der Waals surface area (Å²) in [6.07, 6.45) is 2.47. The van der Waals surface area contributed by atoms with Gasteiger partial charge in [-0.25, -0.2) is 0 Å². The van der Waals surface area contributed by atoms with Gasteiger partial charge in [-0.3, -0.25) is 4.90 Å². The number of piperidine rings is 1. The lowest BCUT2D eigenvalue weighted by Crippen LogP contribution is -2.57. The van der Waals surface area contributed by atoms with E-state index in [0.29, 0.717) is 12.1 Å². The van der Waals surface area contributed by atoms with Gasteiger partial charge in [0, 0.05) is 31.7 Å². The van der Waals surface area contributed by atoms with Crippen molar-refractivity contribution in [3.8, 4) is 0 Å². The molecule has 2 aliphatic heterocycles. The fraction of sp³-hybridized carbons (Fsp3) is 1.00. The zero-order valence-electron chi connectivity index (χ0n) is 8.84. The summed E-state index contributed by atoms with van der Waals surface area (Å²) in [6.45, 7) is 6.77. The Kier molecular flexibility index (Phi) is 3.75. The molecular weight excluding hydrogens is 176 g/mol. The second-order valence-electron chi connectivity index (χ2n) is 4.36. The molecule has 0 aliphatic carbocycles. The lowest BCUT2D eigenvalue weighted by molar-refractivity contribution is 0.153. The van der Waals surface area contributed by atoms with E-state index >= 15 is 0 Å². The fourth-order valence-corrected chi connectivity index (χ4v) is 2.52. The average Bonchev–Trinajstić information content (AvgIpc) is 2.47. The van der Waals surface area contributed by atoms with Gasteiger partial charge in [0.15, 0.2) is 0 Å². The first-order chi connectivity index (χ1) is 6.88. The molecule has 2 unspecified atom stereocenters. The van der Waals surface area contributed by atoms with Crippen LogP contribution in [0.25, 0.3) is 0 Å². The minimum absolute atomic E-state index is 0.321. The average molecular weight is 198 g/mol. The molecule has 2 heterocycles. The van der Waals surface area contributed by atoms with Crippen molar-refractivity contribution >= 4 is 0 Å². The summed E-state index contributed by atoms with van der Waals surface area (Å²) in [5.41, 5.74) is 6.14. The molecule has 0 aromatic rings. The standard InChI is InChI=1S/C10H22N4/c11-9-8-13-4-2-10(9)14-6-1-3-12-5-7-14/h9-10,12-13H,1-8,11H2. The number of hydrogen-bond acceptors (Lipinski definition) is 4. The summed E-state index contributed by atoms with van der Waals surface area (Å²) in [7, 11) is 0. The van der Waals surface area contributed by atoms with Crippen molar-refractivity contribution in [1.82, 2.24) is 15.5 Å². The van der Waals surface area contributed by atoms with E-state index in [1.807, 2.05) is 0 Å². The summed E-state index contributed by atoms with van der Waals surface area (Å²) in [5.74, 6) is 0. The van der Waals surface area contributed by atoms with E-state index in [9.17, 15) is 0 Å². The van der Waals surface area contributed by atoms with Crippen LogP contribution < -0.4 is 16.4 Å². The van der Waals surface area contributed by atoms with Crippen LogP contribution in [0.2, 0.25) is 0 Å². The minimum atomic E-state index is 0.321.